The lowest BCUT2D eigenvalue weighted by atomic mass is 10.2. The fourth-order valence-corrected chi connectivity index (χ4v) is 1.86. The van der Waals surface area contributed by atoms with Crippen LogP contribution in [-0.2, 0) is 11.3 Å². The molecule has 1 aromatic heterocycles. The molecule has 1 N–H and O–H groups in total. The largest absolute Gasteiger partial charge is 0.480 e. The van der Waals surface area contributed by atoms with Gasteiger partial charge in [-0.1, -0.05) is 17.7 Å². The van der Waals surface area contributed by atoms with Crippen LogP contribution in [-0.4, -0.2) is 17.6 Å². The van der Waals surface area contributed by atoms with E-state index in [1.165, 1.54) is 0 Å². The number of anilines is 1. The minimum atomic E-state index is -0.890. The summed E-state index contributed by atoms with van der Waals surface area (Å²) in [7, 11) is 0. The Labute approximate surface area is 109 Å². The molecule has 2 aromatic rings. The Balaban J connectivity index is 2.21. The molecule has 0 saturated carbocycles. The second kappa shape index (κ2) is 5.60. The molecule has 0 spiro atoms. The van der Waals surface area contributed by atoms with Crippen molar-refractivity contribution in [2.24, 2.45) is 0 Å². The summed E-state index contributed by atoms with van der Waals surface area (Å²) in [6, 6.07) is 8.92. The van der Waals surface area contributed by atoms with Gasteiger partial charge in [0.05, 0.1) is 12.5 Å². The quantitative estimate of drug-likeness (QED) is 0.903. The Morgan fingerprint density at radius 1 is 1.39 bits per heavy atom. The number of benzene rings is 1. The number of carboxylic acid groups (broad SMARTS) is 1. The van der Waals surface area contributed by atoms with Gasteiger partial charge >= 0.3 is 5.97 Å². The number of rotatable bonds is 5. The number of nitrogens with zero attached hydrogens (tertiary/aromatic N) is 1. The summed E-state index contributed by atoms with van der Waals surface area (Å²) in [5.41, 5.74) is 1.68. The second-order valence-electron chi connectivity index (χ2n) is 3.86. The maximum atomic E-state index is 10.9. The Hall–Kier alpha value is -1.94. The molecule has 0 unspecified atom stereocenters. The molecule has 18 heavy (non-hydrogen) atoms. The average molecular weight is 266 g/mol. The highest BCUT2D eigenvalue weighted by atomic mass is 35.5. The zero-order valence-electron chi connectivity index (χ0n) is 9.54. The molecular weight excluding hydrogens is 254 g/mol. The van der Waals surface area contributed by atoms with E-state index >= 15 is 0 Å². The fraction of sp³-hybridized carbons (Fsp3) is 0.154. The highest BCUT2D eigenvalue weighted by molar-refractivity contribution is 6.30. The zero-order valence-corrected chi connectivity index (χ0v) is 10.3. The Bertz CT molecular complexity index is 525. The molecule has 0 radical (unpaired) electrons. The summed E-state index contributed by atoms with van der Waals surface area (Å²) in [5.74, 6) is -0.890. The minimum absolute atomic E-state index is 0.0917. The third kappa shape index (κ3) is 3.28. The fourth-order valence-electron chi connectivity index (χ4n) is 1.68. The first kappa shape index (κ1) is 12.5. The van der Waals surface area contributed by atoms with Gasteiger partial charge in [-0.2, -0.15) is 0 Å². The van der Waals surface area contributed by atoms with Crippen molar-refractivity contribution in [3.05, 3.63) is 53.4 Å². The zero-order chi connectivity index (χ0) is 13.0. The van der Waals surface area contributed by atoms with Crippen LogP contribution in [0.5, 0.6) is 0 Å². The number of carbonyl (C=O) groups is 1. The summed E-state index contributed by atoms with van der Waals surface area (Å²) in [6.45, 7) is 0.370. The van der Waals surface area contributed by atoms with Crippen molar-refractivity contribution in [1.29, 1.82) is 0 Å². The van der Waals surface area contributed by atoms with Crippen LogP contribution >= 0.6 is 11.6 Å². The number of aliphatic carboxylic acids is 1. The summed E-state index contributed by atoms with van der Waals surface area (Å²) in [5, 5.41) is 9.52. The molecule has 0 saturated heterocycles. The summed E-state index contributed by atoms with van der Waals surface area (Å²) in [6.07, 6.45) is 3.16. The third-order valence-corrected chi connectivity index (χ3v) is 2.69. The molecule has 94 valence electrons. The molecule has 0 atom stereocenters. The van der Waals surface area contributed by atoms with E-state index in [9.17, 15) is 4.79 Å². The number of carboxylic acids is 1. The predicted octanol–water partition coefficient (Wildman–Crippen LogP) is 3.02. The van der Waals surface area contributed by atoms with Gasteiger partial charge in [0.2, 0.25) is 0 Å². The molecule has 5 heteroatoms. The standard InChI is InChI=1S/C13H12ClNO3/c14-11-2-1-3-12(6-11)15(8-13(16)17)7-10-4-5-18-9-10/h1-6,9H,7-8H2,(H,16,17). The number of furan rings is 1. The van der Waals surface area contributed by atoms with E-state index in [0.717, 1.165) is 11.3 Å². The monoisotopic (exact) mass is 265 g/mol. The van der Waals surface area contributed by atoms with E-state index in [4.69, 9.17) is 21.1 Å². The predicted molar refractivity (Wildman–Crippen MR) is 68.8 cm³/mol. The molecule has 2 rings (SSSR count). The van der Waals surface area contributed by atoms with E-state index in [0.29, 0.717) is 11.6 Å². The molecule has 0 fully saturated rings. The van der Waals surface area contributed by atoms with Gasteiger partial charge in [0.15, 0.2) is 0 Å². The molecule has 1 aromatic carbocycles. The SMILES string of the molecule is O=C(O)CN(Cc1ccoc1)c1cccc(Cl)c1. The van der Waals surface area contributed by atoms with Gasteiger partial charge in [-0.15, -0.1) is 0 Å². The Morgan fingerprint density at radius 3 is 2.83 bits per heavy atom. The number of hydrogen-bond acceptors (Lipinski definition) is 3. The summed E-state index contributed by atoms with van der Waals surface area (Å²) < 4.78 is 4.98. The normalized spacial score (nSPS) is 10.3. The maximum Gasteiger partial charge on any atom is 0.323 e. The number of halogens is 1. The van der Waals surface area contributed by atoms with Gasteiger partial charge in [-0.05, 0) is 24.3 Å². The van der Waals surface area contributed by atoms with Gasteiger partial charge in [0, 0.05) is 22.8 Å². The van der Waals surface area contributed by atoms with Crippen molar-refractivity contribution >= 4 is 23.3 Å². The highest BCUT2D eigenvalue weighted by Gasteiger charge is 2.12. The first-order valence-corrected chi connectivity index (χ1v) is 5.76. The molecule has 1 heterocycles. The van der Waals surface area contributed by atoms with E-state index in [1.807, 2.05) is 6.07 Å². The molecule has 0 aliphatic carbocycles. The van der Waals surface area contributed by atoms with Crippen LogP contribution in [0.3, 0.4) is 0 Å². The van der Waals surface area contributed by atoms with E-state index in [2.05, 4.69) is 0 Å². The topological polar surface area (TPSA) is 53.7 Å². The molecule has 0 aliphatic rings. The second-order valence-corrected chi connectivity index (χ2v) is 4.30. The lowest BCUT2D eigenvalue weighted by Gasteiger charge is -2.22. The van der Waals surface area contributed by atoms with E-state index in [1.54, 1.807) is 41.7 Å². The average Bonchev–Trinajstić information content (AvgIpc) is 2.80. The summed E-state index contributed by atoms with van der Waals surface area (Å²) in [4.78, 5) is 12.6. The van der Waals surface area contributed by atoms with Gasteiger partial charge in [0.25, 0.3) is 0 Å². The van der Waals surface area contributed by atoms with Crippen LogP contribution in [0, 0.1) is 0 Å². The van der Waals surface area contributed by atoms with Crippen LogP contribution in [0.15, 0.2) is 47.3 Å². The first-order valence-electron chi connectivity index (χ1n) is 5.38. The minimum Gasteiger partial charge on any atom is -0.480 e. The number of hydrogen-bond donors (Lipinski definition) is 1. The molecule has 0 aliphatic heterocycles. The van der Waals surface area contributed by atoms with Crippen molar-refractivity contribution in [1.82, 2.24) is 0 Å². The van der Waals surface area contributed by atoms with Gasteiger partial charge in [0.1, 0.15) is 6.54 Å². The van der Waals surface area contributed by atoms with Crippen LogP contribution in [0.2, 0.25) is 5.02 Å². The van der Waals surface area contributed by atoms with E-state index in [-0.39, 0.29) is 6.54 Å². The molecule has 4 nitrogen and oxygen atoms in total. The van der Waals surface area contributed by atoms with Gasteiger partial charge in [-0.3, -0.25) is 4.79 Å². The Kier molecular flexibility index (Phi) is 3.89. The van der Waals surface area contributed by atoms with Gasteiger partial charge < -0.3 is 14.4 Å². The molecular formula is C13H12ClNO3. The van der Waals surface area contributed by atoms with Crippen molar-refractivity contribution in [2.75, 3.05) is 11.4 Å². The van der Waals surface area contributed by atoms with Crippen LogP contribution in [0.4, 0.5) is 5.69 Å². The van der Waals surface area contributed by atoms with Crippen molar-refractivity contribution < 1.29 is 14.3 Å². The Morgan fingerprint density at radius 2 is 2.22 bits per heavy atom. The summed E-state index contributed by atoms with van der Waals surface area (Å²) >= 11 is 5.91. The third-order valence-electron chi connectivity index (χ3n) is 2.45. The van der Waals surface area contributed by atoms with Crippen LogP contribution < -0.4 is 4.90 Å². The van der Waals surface area contributed by atoms with Gasteiger partial charge in [-0.25, -0.2) is 0 Å². The van der Waals surface area contributed by atoms with Crippen molar-refractivity contribution in [2.45, 2.75) is 6.54 Å². The highest BCUT2D eigenvalue weighted by Crippen LogP contribution is 2.21. The van der Waals surface area contributed by atoms with Crippen molar-refractivity contribution in [3.63, 3.8) is 0 Å². The van der Waals surface area contributed by atoms with Crippen molar-refractivity contribution in [3.8, 4) is 0 Å². The maximum absolute atomic E-state index is 10.9. The van der Waals surface area contributed by atoms with E-state index < -0.39 is 5.97 Å². The smallest absolute Gasteiger partial charge is 0.323 e. The van der Waals surface area contributed by atoms with Crippen LogP contribution in [0.1, 0.15) is 5.56 Å². The van der Waals surface area contributed by atoms with Crippen LogP contribution in [0.25, 0.3) is 0 Å². The molecule has 0 amide bonds. The lowest BCUT2D eigenvalue weighted by Crippen LogP contribution is -2.28. The first-order chi connectivity index (χ1) is 8.65. The lowest BCUT2D eigenvalue weighted by molar-refractivity contribution is -0.135. The molecule has 0 bridgehead atoms.